The minimum atomic E-state index is -0.110. The number of halogens is 1. The quantitative estimate of drug-likeness (QED) is 0.445. The Labute approximate surface area is 122 Å². The Morgan fingerprint density at radius 2 is 2.20 bits per heavy atom. The average Bonchev–Trinajstić information content (AvgIpc) is 2.88. The number of nitrogens with two attached hydrogens (primary N) is 1. The van der Waals surface area contributed by atoms with Crippen LogP contribution in [0.3, 0.4) is 0 Å². The normalized spacial score (nSPS) is 12.9. The fourth-order valence-corrected chi connectivity index (χ4v) is 2.19. The van der Waals surface area contributed by atoms with Crippen LogP contribution in [0.1, 0.15) is 18.2 Å². The summed E-state index contributed by atoms with van der Waals surface area (Å²) in [6, 6.07) is 7.48. The van der Waals surface area contributed by atoms with Crippen LogP contribution in [0.5, 0.6) is 0 Å². The van der Waals surface area contributed by atoms with E-state index in [1.807, 2.05) is 18.2 Å². The summed E-state index contributed by atoms with van der Waals surface area (Å²) in [4.78, 5) is 0. The fraction of sp³-hybridized carbons (Fsp3) is 0.429. The molecule has 1 aromatic heterocycles. The molecule has 0 radical (unpaired) electrons. The lowest BCUT2D eigenvalue weighted by atomic mass is 10.1. The van der Waals surface area contributed by atoms with Crippen molar-refractivity contribution in [3.8, 4) is 0 Å². The van der Waals surface area contributed by atoms with Gasteiger partial charge in [-0.05, 0) is 18.6 Å². The van der Waals surface area contributed by atoms with Crippen LogP contribution >= 0.6 is 11.6 Å². The molecule has 0 bridgehead atoms. The monoisotopic (exact) mass is 298 g/mol. The molecule has 0 saturated carbocycles. The first kappa shape index (κ1) is 15.3. The molecule has 1 unspecified atom stereocenters. The summed E-state index contributed by atoms with van der Waals surface area (Å²) in [6.45, 7) is 1.73. The molecule has 0 fully saturated rings. The largest absolute Gasteiger partial charge is 0.458 e. The molecular weight excluding hydrogens is 280 g/mol. The summed E-state index contributed by atoms with van der Waals surface area (Å²) in [5, 5.41) is 1.56. The lowest BCUT2D eigenvalue weighted by molar-refractivity contribution is 0.0649. The van der Waals surface area contributed by atoms with Crippen LogP contribution in [0.25, 0.3) is 11.0 Å². The molecule has 0 aliphatic carbocycles. The second-order valence-electron chi connectivity index (χ2n) is 4.42. The minimum Gasteiger partial charge on any atom is -0.458 e. The number of hydrazine groups is 1. The number of methoxy groups -OCH3 is 1. The third kappa shape index (κ3) is 3.71. The number of furan rings is 1. The molecule has 1 aromatic carbocycles. The highest BCUT2D eigenvalue weighted by Gasteiger charge is 2.16. The Hall–Kier alpha value is -1.11. The van der Waals surface area contributed by atoms with E-state index in [4.69, 9.17) is 31.3 Å². The van der Waals surface area contributed by atoms with Gasteiger partial charge in [0.2, 0.25) is 0 Å². The van der Waals surface area contributed by atoms with Gasteiger partial charge >= 0.3 is 0 Å². The molecule has 2 aromatic rings. The van der Waals surface area contributed by atoms with Crippen molar-refractivity contribution in [1.29, 1.82) is 0 Å². The Morgan fingerprint density at radius 1 is 1.35 bits per heavy atom. The predicted octanol–water partition coefficient (Wildman–Crippen LogP) is 2.64. The summed E-state index contributed by atoms with van der Waals surface area (Å²) in [5.74, 6) is 6.34. The third-order valence-electron chi connectivity index (χ3n) is 3.04. The predicted molar refractivity (Wildman–Crippen MR) is 78.6 cm³/mol. The zero-order chi connectivity index (χ0) is 14.4. The minimum absolute atomic E-state index is 0.110. The van der Waals surface area contributed by atoms with Crippen LogP contribution < -0.4 is 11.3 Å². The van der Waals surface area contributed by atoms with Crippen LogP contribution in [0.15, 0.2) is 28.7 Å². The maximum Gasteiger partial charge on any atom is 0.152 e. The van der Waals surface area contributed by atoms with E-state index in [1.165, 1.54) is 0 Å². The highest BCUT2D eigenvalue weighted by atomic mass is 35.5. The van der Waals surface area contributed by atoms with Gasteiger partial charge in [-0.2, -0.15) is 0 Å². The van der Waals surface area contributed by atoms with Gasteiger partial charge in [-0.15, -0.1) is 0 Å². The van der Waals surface area contributed by atoms with Gasteiger partial charge in [0.15, 0.2) is 5.58 Å². The number of rotatable bonds is 8. The van der Waals surface area contributed by atoms with E-state index in [-0.39, 0.29) is 6.04 Å². The van der Waals surface area contributed by atoms with Gasteiger partial charge in [0.25, 0.3) is 0 Å². The van der Waals surface area contributed by atoms with Gasteiger partial charge in [0.05, 0.1) is 24.3 Å². The van der Waals surface area contributed by atoms with Gasteiger partial charge in [0.1, 0.15) is 5.76 Å². The standard InChI is InChI=1S/C14H19ClN2O3/c1-18-7-8-19-6-5-12(17-16)13-9-10-3-2-4-11(15)14(10)20-13/h2-4,9,12,17H,5-8,16H2,1H3. The van der Waals surface area contributed by atoms with Crippen LogP contribution in [0.2, 0.25) is 5.02 Å². The molecule has 2 rings (SSSR count). The molecule has 0 saturated heterocycles. The second kappa shape index (κ2) is 7.61. The van der Waals surface area contributed by atoms with Crippen molar-refractivity contribution in [3.05, 3.63) is 35.0 Å². The van der Waals surface area contributed by atoms with E-state index in [2.05, 4.69) is 5.43 Å². The van der Waals surface area contributed by atoms with Gasteiger partial charge < -0.3 is 13.9 Å². The molecule has 110 valence electrons. The summed E-state index contributed by atoms with van der Waals surface area (Å²) < 4.78 is 16.1. The number of hydrogen-bond donors (Lipinski definition) is 2. The molecule has 3 N–H and O–H groups in total. The van der Waals surface area contributed by atoms with Crippen molar-refractivity contribution >= 4 is 22.6 Å². The molecule has 6 heteroatoms. The first-order valence-corrected chi connectivity index (χ1v) is 6.85. The highest BCUT2D eigenvalue weighted by Crippen LogP contribution is 2.30. The maximum absolute atomic E-state index is 6.10. The SMILES string of the molecule is COCCOCCC(NN)c1cc2cccc(Cl)c2o1. The smallest absolute Gasteiger partial charge is 0.152 e. The summed E-state index contributed by atoms with van der Waals surface area (Å²) in [7, 11) is 1.64. The number of para-hydroxylation sites is 1. The summed E-state index contributed by atoms with van der Waals surface area (Å²) >= 11 is 6.10. The Morgan fingerprint density at radius 3 is 2.90 bits per heavy atom. The van der Waals surface area contributed by atoms with Crippen molar-refractivity contribution < 1.29 is 13.9 Å². The van der Waals surface area contributed by atoms with Gasteiger partial charge in [-0.3, -0.25) is 5.84 Å². The fourth-order valence-electron chi connectivity index (χ4n) is 1.97. The van der Waals surface area contributed by atoms with Gasteiger partial charge in [-0.1, -0.05) is 23.7 Å². The van der Waals surface area contributed by atoms with E-state index in [9.17, 15) is 0 Å². The van der Waals surface area contributed by atoms with Crippen LogP contribution in [0, 0.1) is 0 Å². The molecule has 1 atom stereocenters. The number of fused-ring (bicyclic) bond motifs is 1. The topological polar surface area (TPSA) is 69.7 Å². The average molecular weight is 299 g/mol. The first-order valence-electron chi connectivity index (χ1n) is 6.47. The lowest BCUT2D eigenvalue weighted by Gasteiger charge is -2.13. The van der Waals surface area contributed by atoms with Crippen molar-refractivity contribution in [2.24, 2.45) is 5.84 Å². The van der Waals surface area contributed by atoms with Gasteiger partial charge in [-0.25, -0.2) is 5.43 Å². The van der Waals surface area contributed by atoms with Crippen molar-refractivity contribution in [2.45, 2.75) is 12.5 Å². The highest BCUT2D eigenvalue weighted by molar-refractivity contribution is 6.34. The third-order valence-corrected chi connectivity index (χ3v) is 3.34. The van der Waals surface area contributed by atoms with Crippen LogP contribution in [-0.2, 0) is 9.47 Å². The number of ether oxygens (including phenoxy) is 2. The van der Waals surface area contributed by atoms with Crippen LogP contribution in [0.4, 0.5) is 0 Å². The van der Waals surface area contributed by atoms with Crippen LogP contribution in [-0.4, -0.2) is 26.9 Å². The molecule has 0 aliphatic rings. The van der Waals surface area contributed by atoms with E-state index in [0.29, 0.717) is 36.8 Å². The number of benzene rings is 1. The van der Waals surface area contributed by atoms with Crippen molar-refractivity contribution in [2.75, 3.05) is 26.9 Å². The molecule has 0 amide bonds. The summed E-state index contributed by atoms with van der Waals surface area (Å²) in [6.07, 6.45) is 0.706. The molecule has 1 heterocycles. The zero-order valence-electron chi connectivity index (χ0n) is 11.4. The van der Waals surface area contributed by atoms with E-state index >= 15 is 0 Å². The second-order valence-corrected chi connectivity index (χ2v) is 4.83. The lowest BCUT2D eigenvalue weighted by Crippen LogP contribution is -2.28. The van der Waals surface area contributed by atoms with Crippen molar-refractivity contribution in [1.82, 2.24) is 5.43 Å². The van der Waals surface area contributed by atoms with Crippen molar-refractivity contribution in [3.63, 3.8) is 0 Å². The molecular formula is C14H19ClN2O3. The number of nitrogens with one attached hydrogen (secondary N) is 1. The number of hydrogen-bond acceptors (Lipinski definition) is 5. The molecule has 0 aliphatic heterocycles. The summed E-state index contributed by atoms with van der Waals surface area (Å²) in [5.41, 5.74) is 3.43. The Bertz CT molecular complexity index is 544. The van der Waals surface area contributed by atoms with E-state index in [1.54, 1.807) is 13.2 Å². The first-order chi connectivity index (χ1) is 9.76. The molecule has 20 heavy (non-hydrogen) atoms. The van der Waals surface area contributed by atoms with E-state index in [0.717, 1.165) is 11.1 Å². The molecule has 0 spiro atoms. The Balaban J connectivity index is 2.00. The van der Waals surface area contributed by atoms with E-state index < -0.39 is 0 Å². The Kier molecular flexibility index (Phi) is 5.82. The zero-order valence-corrected chi connectivity index (χ0v) is 12.2. The maximum atomic E-state index is 6.10. The molecule has 5 nitrogen and oxygen atoms in total. The van der Waals surface area contributed by atoms with Gasteiger partial charge in [0, 0.05) is 19.1 Å².